The number of ether oxygens (including phenoxy) is 1. The van der Waals surface area contributed by atoms with E-state index in [1.165, 1.54) is 11.6 Å². The summed E-state index contributed by atoms with van der Waals surface area (Å²) in [5.74, 6) is -0.368. The number of anilines is 2. The van der Waals surface area contributed by atoms with E-state index in [2.05, 4.69) is 5.10 Å². The number of hydrogen-bond donors (Lipinski definition) is 1. The molecule has 0 radical (unpaired) electrons. The largest absolute Gasteiger partial charge is 0.497 e. The Balaban J connectivity index is 1.77. The molecule has 2 heterocycles. The highest BCUT2D eigenvalue weighted by Gasteiger charge is 2.34. The van der Waals surface area contributed by atoms with E-state index in [9.17, 15) is 14.4 Å². The van der Waals surface area contributed by atoms with Crippen LogP contribution in [0.5, 0.6) is 5.75 Å². The van der Waals surface area contributed by atoms with Crippen molar-refractivity contribution in [2.45, 2.75) is 20.3 Å². The van der Waals surface area contributed by atoms with Crippen LogP contribution in [0.15, 0.2) is 42.5 Å². The fraction of sp³-hybridized carbons (Fsp3) is 0.250. The van der Waals surface area contributed by atoms with E-state index < -0.39 is 5.91 Å². The molecule has 0 saturated heterocycles. The van der Waals surface area contributed by atoms with Crippen LogP contribution < -0.4 is 20.3 Å². The summed E-state index contributed by atoms with van der Waals surface area (Å²) in [7, 11) is 3.28. The molecule has 4 rings (SSSR count). The molecule has 1 aliphatic heterocycles. The molecular weight excluding hydrogens is 422 g/mol. The lowest BCUT2D eigenvalue weighted by Gasteiger charge is -2.29. The highest BCUT2D eigenvalue weighted by atomic mass is 16.5. The van der Waals surface area contributed by atoms with Gasteiger partial charge in [-0.05, 0) is 61.4 Å². The Bertz CT molecular complexity index is 1260. The third kappa shape index (κ3) is 3.82. The standard InChI is InChI=1S/C24H25N5O4/c1-14-13-17(7-10-20(14)27(3)15(2)30)28-12-11-19-21(23(25)31)26-29(22(19)24(28)32)16-5-8-18(33-4)9-6-16/h5-10,13H,11-12H2,1-4H3,(H2,25,31). The molecule has 9 heteroatoms. The number of benzene rings is 2. The maximum Gasteiger partial charge on any atom is 0.277 e. The second-order valence-electron chi connectivity index (χ2n) is 7.91. The number of primary amides is 1. The molecule has 1 aromatic heterocycles. The van der Waals surface area contributed by atoms with E-state index in [0.29, 0.717) is 41.3 Å². The number of nitrogens with zero attached hydrogens (tertiary/aromatic N) is 4. The molecule has 3 aromatic rings. The van der Waals surface area contributed by atoms with Crippen LogP contribution in [0.3, 0.4) is 0 Å². The molecule has 2 N–H and O–H groups in total. The van der Waals surface area contributed by atoms with E-state index >= 15 is 0 Å². The van der Waals surface area contributed by atoms with Gasteiger partial charge in [0.05, 0.1) is 12.8 Å². The molecule has 33 heavy (non-hydrogen) atoms. The predicted molar refractivity (Wildman–Crippen MR) is 124 cm³/mol. The van der Waals surface area contributed by atoms with Crippen molar-refractivity contribution in [3.63, 3.8) is 0 Å². The molecule has 0 atom stereocenters. The highest BCUT2D eigenvalue weighted by molar-refractivity contribution is 6.09. The maximum atomic E-state index is 13.6. The summed E-state index contributed by atoms with van der Waals surface area (Å²) in [5, 5.41) is 4.38. The second-order valence-corrected chi connectivity index (χ2v) is 7.91. The monoisotopic (exact) mass is 447 g/mol. The Morgan fingerprint density at radius 2 is 1.79 bits per heavy atom. The summed E-state index contributed by atoms with van der Waals surface area (Å²) >= 11 is 0. The number of nitrogens with two attached hydrogens (primary N) is 1. The number of fused-ring (bicyclic) bond motifs is 1. The van der Waals surface area contributed by atoms with Crippen LogP contribution in [0.2, 0.25) is 0 Å². The van der Waals surface area contributed by atoms with Gasteiger partial charge in [-0.25, -0.2) is 4.68 Å². The number of methoxy groups -OCH3 is 1. The van der Waals surface area contributed by atoms with E-state index in [4.69, 9.17) is 10.5 Å². The SMILES string of the molecule is COc1ccc(-n2nc(C(N)=O)c3c2C(=O)N(c2ccc(N(C)C(C)=O)c(C)c2)CC3)cc1. The third-order valence-corrected chi connectivity index (χ3v) is 5.89. The van der Waals surface area contributed by atoms with Crippen molar-refractivity contribution in [2.24, 2.45) is 5.73 Å². The maximum absolute atomic E-state index is 13.6. The zero-order valence-corrected chi connectivity index (χ0v) is 19.0. The van der Waals surface area contributed by atoms with E-state index in [0.717, 1.165) is 11.3 Å². The van der Waals surface area contributed by atoms with Gasteiger partial charge >= 0.3 is 0 Å². The van der Waals surface area contributed by atoms with Gasteiger partial charge in [-0.3, -0.25) is 14.4 Å². The molecule has 0 fully saturated rings. The van der Waals surface area contributed by atoms with Gasteiger partial charge in [0, 0.05) is 37.5 Å². The molecular formula is C24H25N5O4. The lowest BCUT2D eigenvalue weighted by Crippen LogP contribution is -2.39. The average molecular weight is 447 g/mol. The molecule has 3 amide bonds. The van der Waals surface area contributed by atoms with Crippen molar-refractivity contribution < 1.29 is 19.1 Å². The van der Waals surface area contributed by atoms with E-state index in [-0.39, 0.29) is 17.5 Å². The topological polar surface area (TPSA) is 111 Å². The van der Waals surface area contributed by atoms with Gasteiger partial charge in [-0.15, -0.1) is 0 Å². The fourth-order valence-corrected chi connectivity index (χ4v) is 4.07. The first-order chi connectivity index (χ1) is 15.7. The van der Waals surface area contributed by atoms with Gasteiger partial charge in [0.25, 0.3) is 11.8 Å². The number of carbonyl (C=O) groups is 3. The Morgan fingerprint density at radius 1 is 1.12 bits per heavy atom. The molecule has 0 aliphatic carbocycles. The minimum Gasteiger partial charge on any atom is -0.497 e. The van der Waals surface area contributed by atoms with E-state index in [1.54, 1.807) is 48.2 Å². The van der Waals surface area contributed by atoms with Crippen molar-refractivity contribution in [2.75, 3.05) is 30.5 Å². The van der Waals surface area contributed by atoms with Crippen LogP contribution >= 0.6 is 0 Å². The number of rotatable bonds is 5. The van der Waals surface area contributed by atoms with Crippen LogP contribution in [-0.4, -0.2) is 48.2 Å². The first-order valence-corrected chi connectivity index (χ1v) is 10.5. The Morgan fingerprint density at radius 3 is 2.36 bits per heavy atom. The van der Waals surface area contributed by atoms with Crippen LogP contribution in [-0.2, 0) is 11.2 Å². The number of carbonyl (C=O) groups excluding carboxylic acids is 3. The lowest BCUT2D eigenvalue weighted by atomic mass is 10.0. The summed E-state index contributed by atoms with van der Waals surface area (Å²) in [4.78, 5) is 40.6. The first-order valence-electron chi connectivity index (χ1n) is 10.5. The van der Waals surface area contributed by atoms with Crippen LogP contribution in [0.1, 0.15) is 39.0 Å². The van der Waals surface area contributed by atoms with Crippen molar-refractivity contribution in [3.05, 3.63) is 65.0 Å². The molecule has 170 valence electrons. The first kappa shape index (κ1) is 22.1. The second kappa shape index (κ2) is 8.42. The van der Waals surface area contributed by atoms with Gasteiger partial charge in [-0.1, -0.05) is 0 Å². The van der Waals surface area contributed by atoms with Gasteiger partial charge in [0.1, 0.15) is 11.4 Å². The molecule has 2 aromatic carbocycles. The minimum absolute atomic E-state index is 0.0769. The van der Waals surface area contributed by atoms with Crippen molar-refractivity contribution in [3.8, 4) is 11.4 Å². The molecule has 0 saturated carbocycles. The molecule has 9 nitrogen and oxygen atoms in total. The van der Waals surface area contributed by atoms with Gasteiger partial charge in [-0.2, -0.15) is 5.10 Å². The van der Waals surface area contributed by atoms with Gasteiger partial charge in [0.2, 0.25) is 5.91 Å². The van der Waals surface area contributed by atoms with Gasteiger partial charge < -0.3 is 20.3 Å². The van der Waals surface area contributed by atoms with Gasteiger partial charge in [0.15, 0.2) is 5.69 Å². The molecule has 1 aliphatic rings. The molecule has 0 bridgehead atoms. The summed E-state index contributed by atoms with van der Waals surface area (Å²) in [5.41, 5.74) is 9.47. The van der Waals surface area contributed by atoms with E-state index in [1.807, 2.05) is 25.1 Å². The summed E-state index contributed by atoms with van der Waals surface area (Å²) < 4.78 is 6.67. The minimum atomic E-state index is -0.674. The van der Waals surface area contributed by atoms with Crippen molar-refractivity contribution in [1.29, 1.82) is 0 Å². The smallest absolute Gasteiger partial charge is 0.277 e. The van der Waals surface area contributed by atoms with Crippen LogP contribution in [0.25, 0.3) is 5.69 Å². The number of aryl methyl sites for hydroxylation is 1. The highest BCUT2D eigenvalue weighted by Crippen LogP contribution is 2.31. The predicted octanol–water partition coefficient (Wildman–Crippen LogP) is 2.47. The number of aromatic nitrogens is 2. The lowest BCUT2D eigenvalue weighted by molar-refractivity contribution is -0.116. The molecule has 0 spiro atoms. The number of hydrogen-bond acceptors (Lipinski definition) is 5. The Labute approximate surface area is 191 Å². The summed E-state index contributed by atoms with van der Waals surface area (Å²) in [6.45, 7) is 3.77. The normalized spacial score (nSPS) is 13.0. The molecule has 0 unspecified atom stereocenters. The quantitative estimate of drug-likeness (QED) is 0.646. The van der Waals surface area contributed by atoms with Crippen LogP contribution in [0.4, 0.5) is 11.4 Å². The van der Waals surface area contributed by atoms with Crippen molar-refractivity contribution in [1.82, 2.24) is 9.78 Å². The fourth-order valence-electron chi connectivity index (χ4n) is 4.07. The van der Waals surface area contributed by atoms with Crippen LogP contribution in [0, 0.1) is 6.92 Å². The number of amides is 3. The average Bonchev–Trinajstić information content (AvgIpc) is 3.20. The zero-order chi connectivity index (χ0) is 23.9. The Kier molecular flexibility index (Phi) is 5.63. The zero-order valence-electron chi connectivity index (χ0n) is 19.0. The van der Waals surface area contributed by atoms with Crippen molar-refractivity contribution >= 4 is 29.1 Å². The summed E-state index contributed by atoms with van der Waals surface area (Å²) in [6.07, 6.45) is 0.434. The third-order valence-electron chi connectivity index (χ3n) is 5.89. The summed E-state index contributed by atoms with van der Waals surface area (Å²) in [6, 6.07) is 12.6. The Hall–Kier alpha value is -4.14.